The van der Waals surface area contributed by atoms with Crippen LogP contribution in [0.4, 0.5) is 11.4 Å². The topological polar surface area (TPSA) is 63.4 Å². The SMILES string of the molecule is CN(C)c1cc([N+](=O)[O-])ccc1C(=O)c1ccccc1. The molecule has 5 nitrogen and oxygen atoms in total. The molecule has 0 saturated heterocycles. The lowest BCUT2D eigenvalue weighted by Gasteiger charge is -2.16. The van der Waals surface area contributed by atoms with Crippen molar-refractivity contribution in [2.75, 3.05) is 19.0 Å². The highest BCUT2D eigenvalue weighted by molar-refractivity contribution is 6.12. The Kier molecular flexibility index (Phi) is 3.79. The summed E-state index contributed by atoms with van der Waals surface area (Å²) in [6.07, 6.45) is 0. The minimum absolute atomic E-state index is 0.0293. The van der Waals surface area contributed by atoms with Crippen molar-refractivity contribution in [3.63, 3.8) is 0 Å². The van der Waals surface area contributed by atoms with Crippen LogP contribution in [0.25, 0.3) is 0 Å². The first-order valence-electron chi connectivity index (χ1n) is 6.06. The first-order chi connectivity index (χ1) is 9.50. The highest BCUT2D eigenvalue weighted by atomic mass is 16.6. The summed E-state index contributed by atoms with van der Waals surface area (Å²) >= 11 is 0. The molecule has 0 aliphatic heterocycles. The molecule has 0 unspecified atom stereocenters. The number of benzene rings is 2. The number of ketones is 1. The predicted molar refractivity (Wildman–Crippen MR) is 77.3 cm³/mol. The first kappa shape index (κ1) is 13.7. The Hall–Kier alpha value is -2.69. The smallest absolute Gasteiger partial charge is 0.271 e. The van der Waals surface area contributed by atoms with Gasteiger partial charge in [0.15, 0.2) is 5.78 Å². The highest BCUT2D eigenvalue weighted by Gasteiger charge is 2.18. The molecular formula is C15H14N2O3. The molecule has 0 amide bonds. The van der Waals surface area contributed by atoms with E-state index in [2.05, 4.69) is 0 Å². The van der Waals surface area contributed by atoms with Gasteiger partial charge in [-0.15, -0.1) is 0 Å². The molecular weight excluding hydrogens is 256 g/mol. The van der Waals surface area contributed by atoms with Crippen molar-refractivity contribution in [3.05, 3.63) is 69.8 Å². The van der Waals surface area contributed by atoms with Gasteiger partial charge in [0, 0.05) is 37.4 Å². The molecule has 5 heteroatoms. The Morgan fingerprint density at radius 1 is 1.10 bits per heavy atom. The van der Waals surface area contributed by atoms with Crippen LogP contribution in [0.1, 0.15) is 15.9 Å². The molecule has 0 heterocycles. The Labute approximate surface area is 116 Å². The third-order valence-electron chi connectivity index (χ3n) is 2.95. The molecule has 0 saturated carbocycles. The molecule has 102 valence electrons. The van der Waals surface area contributed by atoms with Gasteiger partial charge in [0.05, 0.1) is 10.6 Å². The number of carbonyl (C=O) groups is 1. The van der Waals surface area contributed by atoms with Crippen LogP contribution in [0.5, 0.6) is 0 Å². The summed E-state index contributed by atoms with van der Waals surface area (Å²) < 4.78 is 0. The number of non-ortho nitro benzene ring substituents is 1. The van der Waals surface area contributed by atoms with E-state index in [1.807, 2.05) is 6.07 Å². The second-order valence-electron chi connectivity index (χ2n) is 4.55. The number of hydrogen-bond donors (Lipinski definition) is 0. The lowest BCUT2D eigenvalue weighted by Crippen LogP contribution is -2.15. The number of nitro benzene ring substituents is 1. The van der Waals surface area contributed by atoms with Gasteiger partial charge in [-0.1, -0.05) is 30.3 Å². The van der Waals surface area contributed by atoms with E-state index in [0.717, 1.165) is 0 Å². The third-order valence-corrected chi connectivity index (χ3v) is 2.95. The summed E-state index contributed by atoms with van der Waals surface area (Å²) in [4.78, 5) is 24.5. The van der Waals surface area contributed by atoms with E-state index in [1.165, 1.54) is 18.2 Å². The molecule has 0 atom stereocenters. The molecule has 0 bridgehead atoms. The molecule has 0 fully saturated rings. The first-order valence-corrected chi connectivity index (χ1v) is 6.06. The predicted octanol–water partition coefficient (Wildman–Crippen LogP) is 2.89. The van der Waals surface area contributed by atoms with Gasteiger partial charge in [-0.2, -0.15) is 0 Å². The number of nitrogens with zero attached hydrogens (tertiary/aromatic N) is 2. The standard InChI is InChI=1S/C15H14N2O3/c1-16(2)14-10-12(17(19)20)8-9-13(14)15(18)11-6-4-3-5-7-11/h3-10H,1-2H3. The molecule has 2 rings (SSSR count). The van der Waals surface area contributed by atoms with Crippen LogP contribution in [0, 0.1) is 10.1 Å². The normalized spacial score (nSPS) is 10.1. The largest absolute Gasteiger partial charge is 0.377 e. The molecule has 0 radical (unpaired) electrons. The number of nitro groups is 1. The zero-order chi connectivity index (χ0) is 14.7. The minimum Gasteiger partial charge on any atom is -0.377 e. The van der Waals surface area contributed by atoms with E-state index in [4.69, 9.17) is 0 Å². The van der Waals surface area contributed by atoms with E-state index in [1.54, 1.807) is 43.3 Å². The molecule has 0 spiro atoms. The maximum absolute atomic E-state index is 12.5. The quantitative estimate of drug-likeness (QED) is 0.487. The van der Waals surface area contributed by atoms with E-state index < -0.39 is 4.92 Å². The Morgan fingerprint density at radius 3 is 2.30 bits per heavy atom. The molecule has 2 aromatic carbocycles. The van der Waals surface area contributed by atoms with Gasteiger partial charge in [-0.25, -0.2) is 0 Å². The summed E-state index contributed by atoms with van der Waals surface area (Å²) in [6, 6.07) is 13.1. The summed E-state index contributed by atoms with van der Waals surface area (Å²) in [5.74, 6) is -0.149. The van der Waals surface area contributed by atoms with Gasteiger partial charge in [-0.3, -0.25) is 14.9 Å². The van der Waals surface area contributed by atoms with Crippen LogP contribution in [0.3, 0.4) is 0 Å². The van der Waals surface area contributed by atoms with Crippen molar-refractivity contribution < 1.29 is 9.72 Å². The van der Waals surface area contributed by atoms with Crippen molar-refractivity contribution in [1.82, 2.24) is 0 Å². The van der Waals surface area contributed by atoms with E-state index in [9.17, 15) is 14.9 Å². The van der Waals surface area contributed by atoms with Gasteiger partial charge < -0.3 is 4.90 Å². The van der Waals surface area contributed by atoms with Crippen LogP contribution in [-0.4, -0.2) is 24.8 Å². The minimum atomic E-state index is -0.468. The number of carbonyl (C=O) groups excluding carboxylic acids is 1. The lowest BCUT2D eigenvalue weighted by molar-refractivity contribution is -0.384. The molecule has 0 aliphatic rings. The lowest BCUT2D eigenvalue weighted by atomic mass is 10.0. The van der Waals surface area contributed by atoms with Crippen LogP contribution in [-0.2, 0) is 0 Å². The molecule has 0 aromatic heterocycles. The van der Waals surface area contributed by atoms with E-state index >= 15 is 0 Å². The summed E-state index contributed by atoms with van der Waals surface area (Å²) in [7, 11) is 3.50. The monoisotopic (exact) mass is 270 g/mol. The molecule has 0 aliphatic carbocycles. The van der Waals surface area contributed by atoms with Crippen molar-refractivity contribution in [1.29, 1.82) is 0 Å². The van der Waals surface area contributed by atoms with E-state index in [0.29, 0.717) is 16.8 Å². The van der Waals surface area contributed by atoms with Crippen LogP contribution in [0.2, 0.25) is 0 Å². The Bertz CT molecular complexity index is 651. The van der Waals surface area contributed by atoms with Gasteiger partial charge in [0.1, 0.15) is 0 Å². The van der Waals surface area contributed by atoms with Crippen molar-refractivity contribution in [3.8, 4) is 0 Å². The zero-order valence-corrected chi connectivity index (χ0v) is 11.2. The van der Waals surface area contributed by atoms with Gasteiger partial charge in [0.2, 0.25) is 0 Å². The summed E-state index contributed by atoms with van der Waals surface area (Å²) in [5.41, 5.74) is 1.52. The molecule has 2 aromatic rings. The maximum Gasteiger partial charge on any atom is 0.271 e. The zero-order valence-electron chi connectivity index (χ0n) is 11.2. The fourth-order valence-electron chi connectivity index (χ4n) is 1.94. The van der Waals surface area contributed by atoms with Crippen LogP contribution >= 0.6 is 0 Å². The number of rotatable bonds is 4. The number of hydrogen-bond acceptors (Lipinski definition) is 4. The Balaban J connectivity index is 2.51. The van der Waals surface area contributed by atoms with Gasteiger partial charge >= 0.3 is 0 Å². The van der Waals surface area contributed by atoms with Gasteiger partial charge in [-0.05, 0) is 6.07 Å². The fourth-order valence-corrected chi connectivity index (χ4v) is 1.94. The Morgan fingerprint density at radius 2 is 1.75 bits per heavy atom. The fraction of sp³-hybridized carbons (Fsp3) is 0.133. The molecule has 0 N–H and O–H groups in total. The van der Waals surface area contributed by atoms with E-state index in [-0.39, 0.29) is 11.5 Å². The second-order valence-corrected chi connectivity index (χ2v) is 4.55. The van der Waals surface area contributed by atoms with Gasteiger partial charge in [0.25, 0.3) is 5.69 Å². The highest BCUT2D eigenvalue weighted by Crippen LogP contribution is 2.26. The second kappa shape index (κ2) is 5.52. The summed E-state index contributed by atoms with van der Waals surface area (Å²) in [6.45, 7) is 0. The van der Waals surface area contributed by atoms with Crippen molar-refractivity contribution >= 4 is 17.2 Å². The average Bonchev–Trinajstić information content (AvgIpc) is 2.46. The van der Waals surface area contributed by atoms with Crippen molar-refractivity contribution in [2.24, 2.45) is 0 Å². The summed E-state index contributed by atoms with van der Waals surface area (Å²) in [5, 5.41) is 10.8. The number of anilines is 1. The van der Waals surface area contributed by atoms with Crippen LogP contribution < -0.4 is 4.90 Å². The average molecular weight is 270 g/mol. The van der Waals surface area contributed by atoms with Crippen LogP contribution in [0.15, 0.2) is 48.5 Å². The maximum atomic E-state index is 12.5. The molecule has 20 heavy (non-hydrogen) atoms. The third kappa shape index (κ3) is 2.66. The van der Waals surface area contributed by atoms with Crippen molar-refractivity contribution in [2.45, 2.75) is 0 Å².